The van der Waals surface area contributed by atoms with Crippen molar-refractivity contribution >= 4 is 41.5 Å². The molecule has 0 rings (SSSR count). The molecule has 0 aromatic heterocycles. The van der Waals surface area contributed by atoms with Gasteiger partial charge in [-0.3, -0.25) is 28.8 Å². The molecule has 33 heavy (non-hydrogen) atoms. The van der Waals surface area contributed by atoms with E-state index in [4.69, 9.17) is 27.4 Å². The molecule has 0 bridgehead atoms. The molecule has 11 N–H and O–H groups in total. The number of carboxylic acids is 2. The lowest BCUT2D eigenvalue weighted by Crippen LogP contribution is -2.59. The summed E-state index contributed by atoms with van der Waals surface area (Å²) >= 11 is 0. The highest BCUT2D eigenvalue weighted by Crippen LogP contribution is 2.10. The second kappa shape index (κ2) is 13.6. The summed E-state index contributed by atoms with van der Waals surface area (Å²) in [5, 5.41) is 24.3. The van der Waals surface area contributed by atoms with Crippen LogP contribution >= 0.6 is 0 Å². The fourth-order valence-corrected chi connectivity index (χ4v) is 2.59. The van der Waals surface area contributed by atoms with Gasteiger partial charge in [0.1, 0.15) is 18.1 Å². The minimum atomic E-state index is -1.83. The van der Waals surface area contributed by atoms with Crippen molar-refractivity contribution in [3.05, 3.63) is 0 Å². The van der Waals surface area contributed by atoms with Crippen LogP contribution in [0.3, 0.4) is 0 Å². The van der Waals surface area contributed by atoms with Gasteiger partial charge < -0.3 is 43.4 Å². The van der Waals surface area contributed by atoms with E-state index >= 15 is 0 Å². The van der Waals surface area contributed by atoms with E-state index in [1.807, 2.05) is 5.32 Å². The van der Waals surface area contributed by atoms with Gasteiger partial charge in [-0.05, 0) is 5.92 Å². The molecule has 15 nitrogen and oxygen atoms in total. The molecule has 0 aliphatic rings. The predicted octanol–water partition coefficient (Wildman–Crippen LogP) is -3.88. The molecule has 0 aromatic carbocycles. The molecular formula is C18H30N6O9. The van der Waals surface area contributed by atoms with Gasteiger partial charge in [0.05, 0.1) is 25.3 Å². The van der Waals surface area contributed by atoms with E-state index in [0.717, 1.165) is 0 Å². The summed E-state index contributed by atoms with van der Waals surface area (Å²) in [5.74, 6) is -8.47. The lowest BCUT2D eigenvalue weighted by atomic mass is 9.97. The fourth-order valence-electron chi connectivity index (χ4n) is 2.59. The Balaban J connectivity index is 5.61. The van der Waals surface area contributed by atoms with Crippen molar-refractivity contribution in [1.29, 1.82) is 0 Å². The van der Waals surface area contributed by atoms with Gasteiger partial charge in [-0.25, -0.2) is 4.79 Å². The van der Waals surface area contributed by atoms with E-state index in [-0.39, 0.29) is 0 Å². The molecule has 0 radical (unpaired) electrons. The number of primary amides is 2. The van der Waals surface area contributed by atoms with Gasteiger partial charge in [0, 0.05) is 0 Å². The molecule has 186 valence electrons. The summed E-state index contributed by atoms with van der Waals surface area (Å²) in [6.45, 7) is 3.30. The van der Waals surface area contributed by atoms with Crippen LogP contribution in [0.1, 0.15) is 39.5 Å². The third-order valence-corrected chi connectivity index (χ3v) is 4.58. The van der Waals surface area contributed by atoms with Crippen LogP contribution in [-0.4, -0.2) is 75.9 Å². The highest BCUT2D eigenvalue weighted by atomic mass is 16.4. The predicted molar refractivity (Wildman–Crippen MR) is 111 cm³/mol. The molecule has 5 amide bonds. The van der Waals surface area contributed by atoms with Gasteiger partial charge >= 0.3 is 11.9 Å². The zero-order chi connectivity index (χ0) is 25.9. The number of carbonyl (C=O) groups excluding carboxylic acids is 5. The molecule has 0 saturated heterocycles. The number of hydrogen-bond donors (Lipinski definition) is 8. The summed E-state index contributed by atoms with van der Waals surface area (Å²) in [7, 11) is 0. The van der Waals surface area contributed by atoms with Crippen LogP contribution < -0.4 is 33.2 Å². The van der Waals surface area contributed by atoms with E-state index in [9.17, 15) is 33.6 Å². The van der Waals surface area contributed by atoms with Crippen LogP contribution in [0.25, 0.3) is 0 Å². The minimum absolute atomic E-state index is 0.385. The quantitative estimate of drug-likeness (QED) is 0.114. The van der Waals surface area contributed by atoms with Crippen LogP contribution in [0, 0.1) is 5.92 Å². The second-order valence-corrected chi connectivity index (χ2v) is 7.38. The van der Waals surface area contributed by atoms with Gasteiger partial charge in [0.2, 0.25) is 29.5 Å². The summed E-state index contributed by atoms with van der Waals surface area (Å²) in [6.07, 6.45) is -1.79. The third-order valence-electron chi connectivity index (χ3n) is 4.58. The molecular weight excluding hydrogens is 444 g/mol. The Morgan fingerprint density at radius 3 is 1.70 bits per heavy atom. The maximum absolute atomic E-state index is 12.8. The van der Waals surface area contributed by atoms with E-state index in [1.54, 1.807) is 13.8 Å². The number of nitrogens with one attached hydrogen (secondary N) is 3. The first-order valence-electron chi connectivity index (χ1n) is 9.87. The van der Waals surface area contributed by atoms with Crippen molar-refractivity contribution in [1.82, 2.24) is 16.0 Å². The highest BCUT2D eigenvalue weighted by molar-refractivity contribution is 5.97. The number of nitrogens with two attached hydrogens (primary N) is 3. The standard InChI is InChI=1S/C18H30N6O9/c1-3-7(2)14(24-15(29)8(19)4-11(20)25)17(31)22-9(5-12(21)26)16(30)23-10(18(32)33)6-13(27)28/h7-10,14H,3-6,19H2,1-2H3,(H2,20,25)(H2,21,26)(H,22,31)(H,23,30)(H,24,29)(H,27,28)(H,32,33). The monoisotopic (exact) mass is 474 g/mol. The van der Waals surface area contributed by atoms with Crippen LogP contribution in [0.5, 0.6) is 0 Å². The SMILES string of the molecule is CCC(C)C(NC(=O)C(N)CC(N)=O)C(=O)NC(CC(N)=O)C(=O)NC(CC(=O)O)C(=O)O. The van der Waals surface area contributed by atoms with Crippen molar-refractivity contribution in [2.45, 2.75) is 63.7 Å². The molecule has 0 aliphatic heterocycles. The Bertz CT molecular complexity index is 787. The summed E-state index contributed by atoms with van der Waals surface area (Å²) in [6, 6.07) is -6.08. The second-order valence-electron chi connectivity index (χ2n) is 7.38. The first-order valence-corrected chi connectivity index (χ1v) is 9.87. The normalized spacial score (nSPS) is 15.1. The van der Waals surface area contributed by atoms with Crippen LogP contribution in [0.2, 0.25) is 0 Å². The number of rotatable bonds is 15. The van der Waals surface area contributed by atoms with Crippen LogP contribution in [0.15, 0.2) is 0 Å². The Kier molecular flexibility index (Phi) is 12.1. The number of carbonyl (C=O) groups is 7. The lowest BCUT2D eigenvalue weighted by molar-refractivity contribution is -0.147. The first-order chi connectivity index (χ1) is 15.2. The summed E-state index contributed by atoms with van der Waals surface area (Å²) in [5.41, 5.74) is 15.7. The number of carboxylic acid groups (broad SMARTS) is 2. The zero-order valence-electron chi connectivity index (χ0n) is 18.2. The molecule has 0 heterocycles. The third kappa shape index (κ3) is 10.9. The van der Waals surface area contributed by atoms with E-state index in [1.165, 1.54) is 0 Å². The average Bonchev–Trinajstić information content (AvgIpc) is 2.68. The molecule has 5 atom stereocenters. The van der Waals surface area contributed by atoms with Gasteiger partial charge in [-0.1, -0.05) is 20.3 Å². The number of hydrogen-bond acceptors (Lipinski definition) is 8. The summed E-state index contributed by atoms with van der Waals surface area (Å²) in [4.78, 5) is 81.9. The topological polar surface area (TPSA) is 274 Å². The van der Waals surface area contributed by atoms with Crippen molar-refractivity contribution in [2.75, 3.05) is 0 Å². The first kappa shape index (κ1) is 29.2. The Morgan fingerprint density at radius 2 is 1.27 bits per heavy atom. The van der Waals surface area contributed by atoms with E-state index < -0.39 is 90.8 Å². The molecule has 5 unspecified atom stereocenters. The Labute approximate surface area is 188 Å². The number of aliphatic carboxylic acids is 2. The highest BCUT2D eigenvalue weighted by Gasteiger charge is 2.33. The van der Waals surface area contributed by atoms with Crippen molar-refractivity contribution < 1.29 is 43.8 Å². The average molecular weight is 474 g/mol. The van der Waals surface area contributed by atoms with Gasteiger partial charge in [-0.2, -0.15) is 0 Å². The van der Waals surface area contributed by atoms with Crippen LogP contribution in [-0.2, 0) is 33.6 Å². The Morgan fingerprint density at radius 1 is 0.758 bits per heavy atom. The number of amides is 5. The van der Waals surface area contributed by atoms with E-state index in [0.29, 0.717) is 6.42 Å². The summed E-state index contributed by atoms with van der Waals surface area (Å²) < 4.78 is 0. The largest absolute Gasteiger partial charge is 0.481 e. The lowest BCUT2D eigenvalue weighted by Gasteiger charge is -2.27. The molecule has 0 fully saturated rings. The van der Waals surface area contributed by atoms with Crippen molar-refractivity contribution in [3.8, 4) is 0 Å². The molecule has 0 saturated carbocycles. The molecule has 0 aromatic rings. The van der Waals surface area contributed by atoms with Gasteiger partial charge in [0.25, 0.3) is 0 Å². The maximum Gasteiger partial charge on any atom is 0.326 e. The van der Waals surface area contributed by atoms with Crippen molar-refractivity contribution in [2.24, 2.45) is 23.1 Å². The van der Waals surface area contributed by atoms with Gasteiger partial charge in [0.15, 0.2) is 0 Å². The smallest absolute Gasteiger partial charge is 0.326 e. The minimum Gasteiger partial charge on any atom is -0.481 e. The Hall–Kier alpha value is -3.75. The fraction of sp³-hybridized carbons (Fsp3) is 0.611. The maximum atomic E-state index is 12.8. The zero-order valence-corrected chi connectivity index (χ0v) is 18.2. The van der Waals surface area contributed by atoms with Crippen molar-refractivity contribution in [3.63, 3.8) is 0 Å². The molecule has 0 spiro atoms. The molecule has 0 aliphatic carbocycles. The van der Waals surface area contributed by atoms with E-state index in [2.05, 4.69) is 10.6 Å². The molecule has 15 heteroatoms. The van der Waals surface area contributed by atoms with Crippen LogP contribution in [0.4, 0.5) is 0 Å². The van der Waals surface area contributed by atoms with Gasteiger partial charge in [-0.15, -0.1) is 0 Å².